The summed E-state index contributed by atoms with van der Waals surface area (Å²) in [4.78, 5) is 32.3. The van der Waals surface area contributed by atoms with Crippen molar-refractivity contribution in [3.05, 3.63) is 53.9 Å². The zero-order valence-corrected chi connectivity index (χ0v) is 15.9. The third-order valence-electron chi connectivity index (χ3n) is 4.99. The number of primary amides is 1. The van der Waals surface area contributed by atoms with Gasteiger partial charge in [0.2, 0.25) is 0 Å². The van der Waals surface area contributed by atoms with E-state index < -0.39 is 5.91 Å². The molecular formula is C20H22N6O2. The van der Waals surface area contributed by atoms with E-state index in [1.165, 1.54) is 6.33 Å². The third kappa shape index (κ3) is 3.22. The zero-order chi connectivity index (χ0) is 19.8. The summed E-state index contributed by atoms with van der Waals surface area (Å²) in [6.45, 7) is 2.60. The minimum absolute atomic E-state index is 0.0523. The van der Waals surface area contributed by atoms with E-state index in [1.54, 1.807) is 16.6 Å². The van der Waals surface area contributed by atoms with Crippen molar-refractivity contribution < 1.29 is 9.59 Å². The van der Waals surface area contributed by atoms with Gasteiger partial charge in [0.1, 0.15) is 6.33 Å². The molecule has 3 heterocycles. The number of hydrogen-bond donors (Lipinski definition) is 1. The highest BCUT2D eigenvalue weighted by Crippen LogP contribution is 2.24. The van der Waals surface area contributed by atoms with Gasteiger partial charge < -0.3 is 15.5 Å². The third-order valence-corrected chi connectivity index (χ3v) is 4.99. The van der Waals surface area contributed by atoms with Crippen molar-refractivity contribution in [1.29, 1.82) is 0 Å². The fraction of sp³-hybridized carbons (Fsp3) is 0.300. The summed E-state index contributed by atoms with van der Waals surface area (Å²) in [6.07, 6.45) is 1.39. The predicted octanol–water partition coefficient (Wildman–Crippen LogP) is 1.13. The maximum Gasteiger partial charge on any atom is 0.253 e. The molecular weight excluding hydrogens is 356 g/mol. The number of carbonyl (C=O) groups excluding carboxylic acids is 2. The quantitative estimate of drug-likeness (QED) is 0.718. The Kier molecular flexibility index (Phi) is 4.56. The van der Waals surface area contributed by atoms with Crippen molar-refractivity contribution in [2.75, 3.05) is 33.7 Å². The summed E-state index contributed by atoms with van der Waals surface area (Å²) in [5.74, 6) is 0.0479. The standard InChI is InChI=1S/C20H22N6O2/c1-24(2)9-13-10-25(11-13)20(28)15-5-3-14(4-6-15)17-8-7-16(18(21)27)19-22-12-23-26(17)19/h3-8,12-13H,9-11H2,1-2H3,(H2,21,27). The molecule has 0 aliphatic carbocycles. The highest BCUT2D eigenvalue weighted by molar-refractivity contribution is 5.99. The van der Waals surface area contributed by atoms with Gasteiger partial charge in [-0.3, -0.25) is 9.59 Å². The van der Waals surface area contributed by atoms with Crippen molar-refractivity contribution in [2.45, 2.75) is 0 Å². The van der Waals surface area contributed by atoms with E-state index in [4.69, 9.17) is 5.73 Å². The van der Waals surface area contributed by atoms with Gasteiger partial charge in [0.25, 0.3) is 11.8 Å². The lowest BCUT2D eigenvalue weighted by Gasteiger charge is -2.40. The number of amides is 2. The number of nitrogens with two attached hydrogens (primary N) is 1. The summed E-state index contributed by atoms with van der Waals surface area (Å²) in [5.41, 5.74) is 8.44. The molecule has 1 aliphatic heterocycles. The molecule has 2 N–H and O–H groups in total. The van der Waals surface area contributed by atoms with Crippen LogP contribution in [0.2, 0.25) is 0 Å². The van der Waals surface area contributed by atoms with Crippen LogP contribution in [0.5, 0.6) is 0 Å². The largest absolute Gasteiger partial charge is 0.365 e. The Balaban J connectivity index is 1.54. The molecule has 2 amide bonds. The van der Waals surface area contributed by atoms with Crippen LogP contribution in [0.3, 0.4) is 0 Å². The summed E-state index contributed by atoms with van der Waals surface area (Å²) in [7, 11) is 4.09. The molecule has 1 saturated heterocycles. The van der Waals surface area contributed by atoms with Crippen LogP contribution in [-0.4, -0.2) is 69.9 Å². The van der Waals surface area contributed by atoms with Crippen LogP contribution < -0.4 is 5.73 Å². The Morgan fingerprint density at radius 2 is 1.86 bits per heavy atom. The zero-order valence-electron chi connectivity index (χ0n) is 15.9. The van der Waals surface area contributed by atoms with E-state index in [2.05, 4.69) is 15.0 Å². The molecule has 1 aliphatic rings. The molecule has 3 aromatic rings. The Morgan fingerprint density at radius 3 is 2.50 bits per heavy atom. The smallest absolute Gasteiger partial charge is 0.253 e. The van der Waals surface area contributed by atoms with Crippen LogP contribution in [-0.2, 0) is 0 Å². The maximum atomic E-state index is 12.6. The minimum Gasteiger partial charge on any atom is -0.365 e. The molecule has 2 aromatic heterocycles. The lowest BCUT2D eigenvalue weighted by Crippen LogP contribution is -2.53. The van der Waals surface area contributed by atoms with E-state index in [0.29, 0.717) is 22.7 Å². The van der Waals surface area contributed by atoms with Gasteiger partial charge in [-0.15, -0.1) is 0 Å². The number of hydrogen-bond acceptors (Lipinski definition) is 5. The van der Waals surface area contributed by atoms with Gasteiger partial charge in [-0.05, 0) is 38.4 Å². The number of pyridine rings is 1. The molecule has 0 radical (unpaired) electrons. The molecule has 0 spiro atoms. The van der Waals surface area contributed by atoms with Gasteiger partial charge in [-0.25, -0.2) is 9.50 Å². The molecule has 8 nitrogen and oxygen atoms in total. The van der Waals surface area contributed by atoms with Gasteiger partial charge in [0.05, 0.1) is 11.3 Å². The van der Waals surface area contributed by atoms with Crippen LogP contribution >= 0.6 is 0 Å². The number of aromatic nitrogens is 3. The average Bonchev–Trinajstić information content (AvgIpc) is 3.12. The number of rotatable bonds is 5. The normalized spacial score (nSPS) is 14.5. The molecule has 144 valence electrons. The molecule has 28 heavy (non-hydrogen) atoms. The van der Waals surface area contributed by atoms with E-state index in [9.17, 15) is 9.59 Å². The van der Waals surface area contributed by atoms with Gasteiger partial charge in [-0.2, -0.15) is 5.10 Å². The molecule has 0 saturated carbocycles. The molecule has 0 atom stereocenters. The van der Waals surface area contributed by atoms with E-state index in [1.807, 2.05) is 43.3 Å². The molecule has 0 unspecified atom stereocenters. The number of benzene rings is 1. The number of nitrogens with zero attached hydrogens (tertiary/aromatic N) is 5. The van der Waals surface area contributed by atoms with Gasteiger partial charge in [0.15, 0.2) is 5.65 Å². The number of fused-ring (bicyclic) bond motifs is 1. The Labute approximate surface area is 162 Å². The van der Waals surface area contributed by atoms with Gasteiger partial charge in [-0.1, -0.05) is 12.1 Å². The lowest BCUT2D eigenvalue weighted by atomic mass is 9.98. The second-order valence-electron chi connectivity index (χ2n) is 7.41. The fourth-order valence-corrected chi connectivity index (χ4v) is 3.65. The molecule has 1 fully saturated rings. The van der Waals surface area contributed by atoms with E-state index in [-0.39, 0.29) is 5.91 Å². The minimum atomic E-state index is -0.549. The molecule has 8 heteroatoms. The van der Waals surface area contributed by atoms with Crippen molar-refractivity contribution in [2.24, 2.45) is 11.7 Å². The van der Waals surface area contributed by atoms with Crippen molar-refractivity contribution in [3.8, 4) is 11.3 Å². The van der Waals surface area contributed by atoms with Gasteiger partial charge >= 0.3 is 0 Å². The summed E-state index contributed by atoms with van der Waals surface area (Å²) in [6, 6.07) is 10.8. The first kappa shape index (κ1) is 18.1. The van der Waals surface area contributed by atoms with Crippen molar-refractivity contribution in [1.82, 2.24) is 24.4 Å². The van der Waals surface area contributed by atoms with Crippen LogP contribution in [0.15, 0.2) is 42.7 Å². The predicted molar refractivity (Wildman–Crippen MR) is 105 cm³/mol. The lowest BCUT2D eigenvalue weighted by molar-refractivity contribution is 0.0450. The van der Waals surface area contributed by atoms with Crippen molar-refractivity contribution in [3.63, 3.8) is 0 Å². The van der Waals surface area contributed by atoms with Crippen molar-refractivity contribution >= 4 is 17.5 Å². The monoisotopic (exact) mass is 378 g/mol. The highest BCUT2D eigenvalue weighted by atomic mass is 16.2. The summed E-state index contributed by atoms with van der Waals surface area (Å²) in [5, 5.41) is 4.20. The van der Waals surface area contributed by atoms with E-state index in [0.717, 1.165) is 30.9 Å². The van der Waals surface area contributed by atoms with Crippen LogP contribution in [0.25, 0.3) is 16.9 Å². The summed E-state index contributed by atoms with van der Waals surface area (Å²) < 4.78 is 1.58. The highest BCUT2D eigenvalue weighted by Gasteiger charge is 2.31. The SMILES string of the molecule is CN(C)CC1CN(C(=O)c2ccc(-c3ccc(C(N)=O)c4ncnn34)cc2)C1. The Bertz CT molecular complexity index is 1030. The fourth-order valence-electron chi connectivity index (χ4n) is 3.65. The molecule has 4 rings (SSSR count). The van der Waals surface area contributed by atoms with Crippen LogP contribution in [0.4, 0.5) is 0 Å². The number of carbonyl (C=O) groups is 2. The second-order valence-corrected chi connectivity index (χ2v) is 7.41. The first-order chi connectivity index (χ1) is 13.4. The summed E-state index contributed by atoms with van der Waals surface area (Å²) >= 11 is 0. The van der Waals surface area contributed by atoms with Crippen LogP contribution in [0, 0.1) is 5.92 Å². The Hall–Kier alpha value is -3.26. The topological polar surface area (TPSA) is 96.8 Å². The van der Waals surface area contributed by atoms with Crippen LogP contribution in [0.1, 0.15) is 20.7 Å². The molecule has 0 bridgehead atoms. The average molecular weight is 378 g/mol. The number of likely N-dealkylation sites (tertiary alicyclic amines) is 1. The maximum absolute atomic E-state index is 12.6. The molecule has 1 aromatic carbocycles. The van der Waals surface area contributed by atoms with E-state index >= 15 is 0 Å². The first-order valence-electron chi connectivity index (χ1n) is 9.11. The van der Waals surface area contributed by atoms with Gasteiger partial charge in [0, 0.05) is 36.7 Å². The first-order valence-corrected chi connectivity index (χ1v) is 9.11. The Morgan fingerprint density at radius 1 is 1.14 bits per heavy atom. The second kappa shape index (κ2) is 7.05.